The van der Waals surface area contributed by atoms with Crippen LogP contribution in [0.4, 0.5) is 15.8 Å². The zero-order valence-corrected chi connectivity index (χ0v) is 15.5. The molecule has 1 aliphatic rings. The van der Waals surface area contributed by atoms with E-state index < -0.39 is 34.2 Å². The van der Waals surface area contributed by atoms with Gasteiger partial charge in [-0.3, -0.25) is 9.59 Å². The van der Waals surface area contributed by atoms with Gasteiger partial charge in [-0.25, -0.2) is 12.8 Å². The number of amides is 2. The number of hydrogen-bond acceptors (Lipinski definition) is 4. The van der Waals surface area contributed by atoms with Gasteiger partial charge in [0.1, 0.15) is 5.82 Å². The fraction of sp³-hybridized carbons (Fsp3) is 0.222. The lowest BCUT2D eigenvalue weighted by Crippen LogP contribution is -2.35. The first-order valence-electron chi connectivity index (χ1n) is 8.15. The van der Waals surface area contributed by atoms with Crippen LogP contribution in [-0.2, 0) is 19.6 Å². The minimum Gasteiger partial charge on any atom is -0.325 e. The molecule has 0 bridgehead atoms. The van der Waals surface area contributed by atoms with Crippen LogP contribution < -0.4 is 10.6 Å². The van der Waals surface area contributed by atoms with Gasteiger partial charge in [-0.05, 0) is 48.9 Å². The third-order valence-corrected chi connectivity index (χ3v) is 6.12. The first kappa shape index (κ1) is 19.0. The summed E-state index contributed by atoms with van der Waals surface area (Å²) in [7, 11) is -2.66. The number of anilines is 2. The van der Waals surface area contributed by atoms with Crippen molar-refractivity contribution in [2.24, 2.45) is 0 Å². The number of carbonyl (C=O) groups is 2. The lowest BCUT2D eigenvalue weighted by Gasteiger charge is -2.17. The first-order chi connectivity index (χ1) is 12.7. The summed E-state index contributed by atoms with van der Waals surface area (Å²) in [5, 5.41) is 5.13. The summed E-state index contributed by atoms with van der Waals surface area (Å²) < 4.78 is 39.6. The van der Waals surface area contributed by atoms with Crippen molar-refractivity contribution in [2.75, 3.05) is 24.2 Å². The highest BCUT2D eigenvalue weighted by Crippen LogP contribution is 2.34. The van der Waals surface area contributed by atoms with Crippen molar-refractivity contribution in [1.82, 2.24) is 4.31 Å². The Morgan fingerprint density at radius 1 is 1.26 bits per heavy atom. The number of halogens is 1. The largest absolute Gasteiger partial charge is 0.325 e. The highest BCUT2D eigenvalue weighted by Gasteiger charge is 2.30. The second-order valence-corrected chi connectivity index (χ2v) is 8.32. The van der Waals surface area contributed by atoms with Crippen LogP contribution in [0.5, 0.6) is 0 Å². The standard InChI is InChI=1S/C18H18FN3O4S/c1-11-15-9-14(6-7-16(15)21-18(11)24)27(25,26)22(2)10-17(23)20-13-5-3-4-12(19)8-13/h3-9,11H,10H2,1-2H3,(H,20,23)(H,21,24)/t11-/m0/s1. The number of fused-ring (bicyclic) bond motifs is 1. The molecule has 3 rings (SSSR count). The van der Waals surface area contributed by atoms with Gasteiger partial charge in [0.25, 0.3) is 0 Å². The Bertz CT molecular complexity index is 1020. The molecule has 1 aliphatic heterocycles. The van der Waals surface area contributed by atoms with E-state index in [0.29, 0.717) is 11.3 Å². The SMILES string of the molecule is C[C@@H]1C(=O)Nc2ccc(S(=O)(=O)N(C)CC(=O)Nc3cccc(F)c3)cc21. The third kappa shape index (κ3) is 3.83. The van der Waals surface area contributed by atoms with Crippen molar-refractivity contribution < 1.29 is 22.4 Å². The zero-order chi connectivity index (χ0) is 19.8. The molecule has 0 aromatic heterocycles. The van der Waals surface area contributed by atoms with Crippen molar-refractivity contribution in [3.05, 3.63) is 53.8 Å². The summed E-state index contributed by atoms with van der Waals surface area (Å²) in [6.07, 6.45) is 0. The monoisotopic (exact) mass is 391 g/mol. The van der Waals surface area contributed by atoms with E-state index in [1.165, 1.54) is 43.4 Å². The molecule has 1 atom stereocenters. The Kier molecular flexibility index (Phi) is 4.99. The number of hydrogen-bond donors (Lipinski definition) is 2. The molecule has 27 heavy (non-hydrogen) atoms. The highest BCUT2D eigenvalue weighted by atomic mass is 32.2. The maximum absolute atomic E-state index is 13.2. The molecule has 0 saturated heterocycles. The van der Waals surface area contributed by atoms with Crippen LogP contribution in [-0.4, -0.2) is 38.1 Å². The van der Waals surface area contributed by atoms with Gasteiger partial charge in [0, 0.05) is 18.4 Å². The quantitative estimate of drug-likeness (QED) is 0.816. The van der Waals surface area contributed by atoms with E-state index in [-0.39, 0.29) is 16.5 Å². The molecule has 2 N–H and O–H groups in total. The van der Waals surface area contributed by atoms with Crippen LogP contribution in [0.3, 0.4) is 0 Å². The number of nitrogens with one attached hydrogen (secondary N) is 2. The predicted octanol–water partition coefficient (Wildman–Crippen LogP) is 2.14. The first-order valence-corrected chi connectivity index (χ1v) is 9.59. The Labute approximate surface area is 156 Å². The smallest absolute Gasteiger partial charge is 0.243 e. The van der Waals surface area contributed by atoms with Gasteiger partial charge in [0.15, 0.2) is 0 Å². The normalized spacial score (nSPS) is 16.1. The Balaban J connectivity index is 1.75. The minimum atomic E-state index is -3.94. The van der Waals surface area contributed by atoms with Gasteiger partial charge < -0.3 is 10.6 Å². The average Bonchev–Trinajstić information content (AvgIpc) is 2.88. The number of carbonyl (C=O) groups excluding carboxylic acids is 2. The van der Waals surface area contributed by atoms with Crippen LogP contribution in [0.1, 0.15) is 18.4 Å². The van der Waals surface area contributed by atoms with Crippen molar-refractivity contribution in [3.63, 3.8) is 0 Å². The van der Waals surface area contributed by atoms with E-state index in [2.05, 4.69) is 10.6 Å². The summed E-state index contributed by atoms with van der Waals surface area (Å²) in [6, 6.07) is 9.67. The number of nitrogens with zero attached hydrogens (tertiary/aromatic N) is 1. The molecule has 0 fully saturated rings. The summed E-state index contributed by atoms with van der Waals surface area (Å²) in [4.78, 5) is 23.8. The molecule has 0 aliphatic carbocycles. The molecule has 2 aromatic rings. The fourth-order valence-electron chi connectivity index (χ4n) is 2.79. The number of rotatable bonds is 5. The molecule has 2 amide bonds. The van der Waals surface area contributed by atoms with Crippen molar-refractivity contribution in [1.29, 1.82) is 0 Å². The lowest BCUT2D eigenvalue weighted by atomic mass is 10.0. The molecule has 1 heterocycles. The van der Waals surface area contributed by atoms with Gasteiger partial charge in [0.05, 0.1) is 17.4 Å². The number of benzene rings is 2. The van der Waals surface area contributed by atoms with Crippen molar-refractivity contribution in [2.45, 2.75) is 17.7 Å². The van der Waals surface area contributed by atoms with Gasteiger partial charge >= 0.3 is 0 Å². The van der Waals surface area contributed by atoms with Gasteiger partial charge in [-0.1, -0.05) is 6.07 Å². The number of likely N-dealkylation sites (N-methyl/N-ethyl adjacent to an activating group) is 1. The minimum absolute atomic E-state index is 0.00865. The van der Waals surface area contributed by atoms with E-state index in [9.17, 15) is 22.4 Å². The Hall–Kier alpha value is -2.78. The van der Waals surface area contributed by atoms with Crippen LogP contribution in [0.25, 0.3) is 0 Å². The molecule has 0 saturated carbocycles. The van der Waals surface area contributed by atoms with Crippen molar-refractivity contribution >= 4 is 33.2 Å². The molecule has 0 spiro atoms. The molecular weight excluding hydrogens is 373 g/mol. The van der Waals surface area contributed by atoms with Gasteiger partial charge in [-0.2, -0.15) is 4.31 Å². The molecule has 0 unspecified atom stereocenters. The van der Waals surface area contributed by atoms with E-state index in [0.717, 1.165) is 10.4 Å². The highest BCUT2D eigenvalue weighted by molar-refractivity contribution is 7.89. The molecule has 9 heteroatoms. The van der Waals surface area contributed by atoms with E-state index in [1.807, 2.05) is 0 Å². The second kappa shape index (κ2) is 7.09. The molecule has 142 valence electrons. The zero-order valence-electron chi connectivity index (χ0n) is 14.7. The summed E-state index contributed by atoms with van der Waals surface area (Å²) in [6.45, 7) is 1.25. The van der Waals surface area contributed by atoms with Crippen molar-refractivity contribution in [3.8, 4) is 0 Å². The van der Waals surface area contributed by atoms with Crippen LogP contribution in [0, 0.1) is 5.82 Å². The molecule has 0 radical (unpaired) electrons. The van der Waals surface area contributed by atoms with E-state index in [1.54, 1.807) is 6.92 Å². The van der Waals surface area contributed by atoms with E-state index in [4.69, 9.17) is 0 Å². The second-order valence-electron chi connectivity index (χ2n) is 6.28. The lowest BCUT2D eigenvalue weighted by molar-refractivity contribution is -0.117. The Morgan fingerprint density at radius 3 is 2.70 bits per heavy atom. The molecule has 7 nitrogen and oxygen atoms in total. The summed E-state index contributed by atoms with van der Waals surface area (Å²) in [5.74, 6) is -1.75. The van der Waals surface area contributed by atoms with Gasteiger partial charge in [0.2, 0.25) is 21.8 Å². The van der Waals surface area contributed by atoms with Crippen LogP contribution in [0.15, 0.2) is 47.4 Å². The van der Waals surface area contributed by atoms with Crippen LogP contribution in [0.2, 0.25) is 0 Å². The van der Waals surface area contributed by atoms with Gasteiger partial charge in [-0.15, -0.1) is 0 Å². The van der Waals surface area contributed by atoms with Crippen LogP contribution >= 0.6 is 0 Å². The predicted molar refractivity (Wildman–Crippen MR) is 98.3 cm³/mol. The summed E-state index contributed by atoms with van der Waals surface area (Å²) in [5.41, 5.74) is 1.42. The summed E-state index contributed by atoms with van der Waals surface area (Å²) >= 11 is 0. The molecule has 2 aromatic carbocycles. The maximum Gasteiger partial charge on any atom is 0.243 e. The Morgan fingerprint density at radius 2 is 2.00 bits per heavy atom. The maximum atomic E-state index is 13.2. The average molecular weight is 391 g/mol. The third-order valence-electron chi connectivity index (χ3n) is 4.32. The fourth-order valence-corrected chi connectivity index (χ4v) is 3.95. The van der Waals surface area contributed by atoms with E-state index >= 15 is 0 Å². The number of sulfonamides is 1. The topological polar surface area (TPSA) is 95.6 Å². The molecular formula is C18H18FN3O4S.